The molecule has 0 amide bonds. The predicted molar refractivity (Wildman–Crippen MR) is 78.1 cm³/mol. The summed E-state index contributed by atoms with van der Waals surface area (Å²) in [5.41, 5.74) is 3.44. The summed E-state index contributed by atoms with van der Waals surface area (Å²) >= 11 is 0. The molecule has 8 nitrogen and oxygen atoms in total. The summed E-state index contributed by atoms with van der Waals surface area (Å²) in [7, 11) is 0. The number of benzene rings is 1. The number of amidine groups is 1. The molecule has 0 radical (unpaired) electrons. The van der Waals surface area contributed by atoms with Crippen LogP contribution in [0.1, 0.15) is 17.3 Å². The van der Waals surface area contributed by atoms with Crippen molar-refractivity contribution < 1.29 is 9.90 Å². The average Bonchev–Trinajstić information content (AvgIpc) is 2.48. The van der Waals surface area contributed by atoms with Crippen LogP contribution in [-0.2, 0) is 6.54 Å². The molecule has 1 aromatic heterocycles. The van der Waals surface area contributed by atoms with Gasteiger partial charge in [0.15, 0.2) is 5.84 Å². The predicted octanol–water partition coefficient (Wildman–Crippen LogP) is -0.145. The van der Waals surface area contributed by atoms with Crippen molar-refractivity contribution in [3.8, 4) is 5.75 Å². The van der Waals surface area contributed by atoms with Gasteiger partial charge in [-0.25, -0.2) is 0 Å². The van der Waals surface area contributed by atoms with Crippen molar-refractivity contribution in [2.75, 3.05) is 0 Å². The first-order valence-corrected chi connectivity index (χ1v) is 6.22. The SMILES string of the molecule is CCn1c(=O)c(C(=O)C(=N)NNN)c(O)c2ccccc21. The lowest BCUT2D eigenvalue weighted by molar-refractivity contribution is 0.105. The molecule has 0 spiro atoms. The van der Waals surface area contributed by atoms with Crippen LogP contribution < -0.4 is 22.4 Å². The number of aryl methyl sites for hydroxylation is 1. The molecular formula is C13H15N5O3. The molecule has 0 saturated carbocycles. The maximum absolute atomic E-state index is 12.4. The molecule has 110 valence electrons. The molecule has 0 saturated heterocycles. The number of para-hydroxylation sites is 1. The topological polar surface area (TPSA) is 133 Å². The van der Waals surface area contributed by atoms with E-state index in [4.69, 9.17) is 11.3 Å². The van der Waals surface area contributed by atoms with Gasteiger partial charge in [-0.1, -0.05) is 12.1 Å². The molecule has 6 N–H and O–H groups in total. The van der Waals surface area contributed by atoms with Crippen molar-refractivity contribution in [2.24, 2.45) is 5.84 Å². The first kappa shape index (κ1) is 14.7. The number of nitrogens with two attached hydrogens (primary N) is 1. The Morgan fingerprint density at radius 3 is 2.71 bits per heavy atom. The summed E-state index contributed by atoms with van der Waals surface area (Å²) in [5.74, 6) is 2.95. The summed E-state index contributed by atoms with van der Waals surface area (Å²) < 4.78 is 1.37. The molecule has 2 aromatic rings. The van der Waals surface area contributed by atoms with Crippen LogP contribution in [-0.4, -0.2) is 21.3 Å². The number of aromatic nitrogens is 1. The van der Waals surface area contributed by atoms with Crippen molar-refractivity contribution in [1.82, 2.24) is 15.5 Å². The Hall–Kier alpha value is -2.71. The van der Waals surface area contributed by atoms with Gasteiger partial charge in [0, 0.05) is 11.9 Å². The van der Waals surface area contributed by atoms with Gasteiger partial charge < -0.3 is 9.67 Å². The van der Waals surface area contributed by atoms with Crippen molar-refractivity contribution >= 4 is 22.5 Å². The number of hydrogen-bond donors (Lipinski definition) is 5. The zero-order valence-electron chi connectivity index (χ0n) is 11.3. The largest absolute Gasteiger partial charge is 0.506 e. The number of rotatable bonds is 4. The Morgan fingerprint density at radius 2 is 2.10 bits per heavy atom. The van der Waals surface area contributed by atoms with Gasteiger partial charge in [0.05, 0.1) is 5.52 Å². The summed E-state index contributed by atoms with van der Waals surface area (Å²) in [6.45, 7) is 2.08. The highest BCUT2D eigenvalue weighted by molar-refractivity contribution is 6.44. The van der Waals surface area contributed by atoms with E-state index in [1.54, 1.807) is 31.2 Å². The maximum atomic E-state index is 12.4. The van der Waals surface area contributed by atoms with Crippen molar-refractivity contribution in [3.63, 3.8) is 0 Å². The Kier molecular flexibility index (Phi) is 4.01. The fraction of sp³-hybridized carbons (Fsp3) is 0.154. The highest BCUT2D eigenvalue weighted by atomic mass is 16.3. The van der Waals surface area contributed by atoms with Crippen LogP contribution >= 0.6 is 0 Å². The summed E-state index contributed by atoms with van der Waals surface area (Å²) in [4.78, 5) is 24.5. The lowest BCUT2D eigenvalue weighted by Gasteiger charge is -2.13. The fourth-order valence-electron chi connectivity index (χ4n) is 2.16. The third-order valence-corrected chi connectivity index (χ3v) is 3.11. The Balaban J connectivity index is 2.78. The van der Waals surface area contributed by atoms with Gasteiger partial charge in [-0.2, -0.15) is 5.53 Å². The second-order valence-corrected chi connectivity index (χ2v) is 4.26. The Labute approximate surface area is 119 Å². The minimum atomic E-state index is -0.941. The second kappa shape index (κ2) is 5.73. The molecule has 0 aliphatic heterocycles. The zero-order valence-corrected chi connectivity index (χ0v) is 11.3. The van der Waals surface area contributed by atoms with Crippen molar-refractivity contribution in [3.05, 3.63) is 40.2 Å². The highest BCUT2D eigenvalue weighted by Gasteiger charge is 2.24. The van der Waals surface area contributed by atoms with E-state index in [1.807, 2.05) is 5.53 Å². The summed E-state index contributed by atoms with van der Waals surface area (Å²) in [6, 6.07) is 6.70. The van der Waals surface area contributed by atoms with Crippen LogP contribution in [0.25, 0.3) is 10.9 Å². The minimum Gasteiger partial charge on any atom is -0.506 e. The van der Waals surface area contributed by atoms with E-state index < -0.39 is 28.5 Å². The molecule has 8 heteroatoms. The zero-order chi connectivity index (χ0) is 15.6. The molecule has 1 heterocycles. The first-order valence-electron chi connectivity index (χ1n) is 6.22. The van der Waals surface area contributed by atoms with Crippen LogP contribution in [0.2, 0.25) is 0 Å². The molecule has 1 aromatic carbocycles. The monoisotopic (exact) mass is 289 g/mol. The van der Waals surface area contributed by atoms with Crippen molar-refractivity contribution in [2.45, 2.75) is 13.5 Å². The van der Waals surface area contributed by atoms with Gasteiger partial charge in [-0.05, 0) is 19.1 Å². The normalized spacial score (nSPS) is 10.6. The fourth-order valence-corrected chi connectivity index (χ4v) is 2.16. The van der Waals surface area contributed by atoms with Gasteiger partial charge >= 0.3 is 0 Å². The molecule has 2 rings (SSSR count). The Bertz CT molecular complexity index is 781. The van der Waals surface area contributed by atoms with Gasteiger partial charge in [-0.3, -0.25) is 26.3 Å². The lowest BCUT2D eigenvalue weighted by Crippen LogP contribution is -2.46. The molecule has 0 fully saturated rings. The van der Waals surface area contributed by atoms with Crippen LogP contribution in [0.4, 0.5) is 0 Å². The van der Waals surface area contributed by atoms with Gasteiger partial charge in [0.2, 0.25) is 5.78 Å². The van der Waals surface area contributed by atoms with Crippen LogP contribution in [0, 0.1) is 5.41 Å². The minimum absolute atomic E-state index is 0.329. The summed E-state index contributed by atoms with van der Waals surface area (Å²) in [5, 5.41) is 18.1. The van der Waals surface area contributed by atoms with Crippen LogP contribution in [0.3, 0.4) is 0 Å². The molecule has 0 aliphatic rings. The standard InChI is InChI=1S/C13H15N5O3/c1-2-18-8-6-4-3-5-7(8)10(19)9(13(18)21)11(20)12(14)16-17-15/h3-6,17,19H,2,15H2,1H3,(H2,14,16). The van der Waals surface area contributed by atoms with E-state index in [-0.39, 0.29) is 0 Å². The van der Waals surface area contributed by atoms with Gasteiger partial charge in [0.1, 0.15) is 11.3 Å². The molecule has 0 bridgehead atoms. The summed E-state index contributed by atoms with van der Waals surface area (Å²) in [6.07, 6.45) is 0. The number of Topliss-reactive ketones (excluding diaryl/α,β-unsaturated/α-hetero) is 1. The van der Waals surface area contributed by atoms with Gasteiger partial charge in [0.25, 0.3) is 5.56 Å². The van der Waals surface area contributed by atoms with E-state index in [9.17, 15) is 14.7 Å². The number of carbonyl (C=O) groups is 1. The van der Waals surface area contributed by atoms with Gasteiger partial charge in [-0.15, -0.1) is 0 Å². The first-order chi connectivity index (χ1) is 10.0. The van der Waals surface area contributed by atoms with E-state index in [0.717, 1.165) is 0 Å². The van der Waals surface area contributed by atoms with E-state index in [2.05, 4.69) is 5.43 Å². The number of hydrazine groups is 2. The molecule has 0 unspecified atom stereocenters. The average molecular weight is 289 g/mol. The number of aromatic hydroxyl groups is 1. The quantitative estimate of drug-likeness (QED) is 0.175. The number of pyridine rings is 1. The van der Waals surface area contributed by atoms with Crippen LogP contribution in [0.5, 0.6) is 5.75 Å². The molecular weight excluding hydrogens is 274 g/mol. The molecule has 0 aliphatic carbocycles. The number of hydrogen-bond acceptors (Lipinski definition) is 6. The highest BCUT2D eigenvalue weighted by Crippen LogP contribution is 2.26. The number of nitrogens with zero attached hydrogens (tertiary/aromatic N) is 1. The number of carbonyl (C=O) groups excluding carboxylic acids is 1. The molecule has 0 atom stereocenters. The van der Waals surface area contributed by atoms with E-state index in [0.29, 0.717) is 17.4 Å². The maximum Gasteiger partial charge on any atom is 0.266 e. The van der Waals surface area contributed by atoms with Crippen molar-refractivity contribution in [1.29, 1.82) is 5.41 Å². The Morgan fingerprint density at radius 1 is 1.43 bits per heavy atom. The third-order valence-electron chi connectivity index (χ3n) is 3.11. The second-order valence-electron chi connectivity index (χ2n) is 4.26. The smallest absolute Gasteiger partial charge is 0.266 e. The number of nitrogens with one attached hydrogen (secondary N) is 3. The van der Waals surface area contributed by atoms with Crippen LogP contribution in [0.15, 0.2) is 29.1 Å². The number of ketones is 1. The number of fused-ring (bicyclic) bond motifs is 1. The molecule has 21 heavy (non-hydrogen) atoms. The van der Waals surface area contributed by atoms with E-state index in [1.165, 1.54) is 4.57 Å². The lowest BCUT2D eigenvalue weighted by atomic mass is 10.1. The van der Waals surface area contributed by atoms with E-state index >= 15 is 0 Å². The third kappa shape index (κ3) is 2.37.